The minimum atomic E-state index is -0.455. The monoisotopic (exact) mass is 254 g/mol. The molecule has 72 valence electrons. The Bertz CT molecular complexity index is 504. The fraction of sp³-hybridized carbons (Fsp3) is 0.100. The number of rotatable bonds is 2. The van der Waals surface area contributed by atoms with Crippen molar-refractivity contribution in [2.75, 3.05) is 5.52 Å². The summed E-state index contributed by atoms with van der Waals surface area (Å²) in [5.41, 5.74) is 0.387. The maximum absolute atomic E-state index is 11.3. The average Bonchev–Trinajstić information content (AvgIpc) is 2.19. The standard InChI is InChI=1S/C10H7BrO3/c11-6-13-9-5-7-3-1-2-4-8(7)14-10(9)12/h1-5H,6H2. The molecule has 2 rings (SSSR count). The van der Waals surface area contributed by atoms with Crippen molar-refractivity contribution in [2.24, 2.45) is 0 Å². The van der Waals surface area contributed by atoms with Crippen molar-refractivity contribution in [3.63, 3.8) is 0 Å². The van der Waals surface area contributed by atoms with Crippen molar-refractivity contribution >= 4 is 26.9 Å². The number of hydrogen-bond donors (Lipinski definition) is 0. The maximum Gasteiger partial charge on any atom is 0.379 e. The van der Waals surface area contributed by atoms with Crippen molar-refractivity contribution in [3.8, 4) is 5.75 Å². The zero-order valence-corrected chi connectivity index (χ0v) is 8.78. The number of hydrogen-bond acceptors (Lipinski definition) is 3. The fourth-order valence-electron chi connectivity index (χ4n) is 1.20. The molecule has 0 aliphatic heterocycles. The highest BCUT2D eigenvalue weighted by atomic mass is 79.9. The van der Waals surface area contributed by atoms with Crippen LogP contribution in [-0.4, -0.2) is 5.52 Å². The van der Waals surface area contributed by atoms with Crippen LogP contribution in [0.1, 0.15) is 0 Å². The molecule has 0 saturated heterocycles. The SMILES string of the molecule is O=c1oc2ccccc2cc1OCBr. The molecule has 2 aromatic rings. The quantitative estimate of drug-likeness (QED) is 0.611. The maximum atomic E-state index is 11.3. The van der Waals surface area contributed by atoms with Gasteiger partial charge in [-0.1, -0.05) is 18.2 Å². The van der Waals surface area contributed by atoms with Crippen LogP contribution >= 0.6 is 15.9 Å². The van der Waals surface area contributed by atoms with Gasteiger partial charge in [0.1, 0.15) is 11.1 Å². The van der Waals surface area contributed by atoms with Gasteiger partial charge in [-0.15, -0.1) is 0 Å². The molecule has 0 aliphatic carbocycles. The van der Waals surface area contributed by atoms with Crippen LogP contribution < -0.4 is 10.4 Å². The van der Waals surface area contributed by atoms with E-state index < -0.39 is 5.63 Å². The highest BCUT2D eigenvalue weighted by molar-refractivity contribution is 9.09. The second-order valence-corrected chi connectivity index (χ2v) is 3.15. The van der Waals surface area contributed by atoms with E-state index in [1.165, 1.54) is 0 Å². The topological polar surface area (TPSA) is 39.4 Å². The van der Waals surface area contributed by atoms with Gasteiger partial charge in [-0.05, 0) is 28.1 Å². The first kappa shape index (κ1) is 9.27. The van der Waals surface area contributed by atoms with Crippen LogP contribution in [0, 0.1) is 0 Å². The Balaban J connectivity index is 2.65. The third-order valence-corrected chi connectivity index (χ3v) is 2.05. The number of ether oxygens (including phenoxy) is 1. The summed E-state index contributed by atoms with van der Waals surface area (Å²) >= 11 is 3.08. The van der Waals surface area contributed by atoms with Gasteiger partial charge in [-0.3, -0.25) is 0 Å². The lowest BCUT2D eigenvalue weighted by Gasteiger charge is -2.01. The van der Waals surface area contributed by atoms with Crippen LogP contribution in [0.4, 0.5) is 0 Å². The Morgan fingerprint density at radius 3 is 2.93 bits per heavy atom. The lowest BCUT2D eigenvalue weighted by molar-refractivity contribution is 0.372. The van der Waals surface area contributed by atoms with Crippen LogP contribution in [-0.2, 0) is 0 Å². The second-order valence-electron chi connectivity index (χ2n) is 2.69. The molecule has 0 spiro atoms. The van der Waals surface area contributed by atoms with E-state index in [-0.39, 0.29) is 11.3 Å². The van der Waals surface area contributed by atoms with E-state index in [1.54, 1.807) is 12.1 Å². The predicted octanol–water partition coefficient (Wildman–Crippen LogP) is 2.52. The molecule has 0 atom stereocenters. The summed E-state index contributed by atoms with van der Waals surface area (Å²) in [5, 5.41) is 0.850. The molecule has 0 unspecified atom stereocenters. The third-order valence-electron chi connectivity index (χ3n) is 1.82. The van der Waals surface area contributed by atoms with Crippen molar-refractivity contribution in [3.05, 3.63) is 40.8 Å². The van der Waals surface area contributed by atoms with E-state index in [9.17, 15) is 4.79 Å². The van der Waals surface area contributed by atoms with Gasteiger partial charge in [-0.2, -0.15) is 0 Å². The molecule has 3 nitrogen and oxygen atoms in total. The molecule has 1 aromatic heterocycles. The van der Waals surface area contributed by atoms with Gasteiger partial charge in [0.15, 0.2) is 0 Å². The summed E-state index contributed by atoms with van der Waals surface area (Å²) in [6, 6.07) is 8.97. The molecule has 0 radical (unpaired) electrons. The second kappa shape index (κ2) is 3.84. The molecule has 0 fully saturated rings. The third kappa shape index (κ3) is 1.65. The van der Waals surface area contributed by atoms with Crippen molar-refractivity contribution < 1.29 is 9.15 Å². The Morgan fingerprint density at radius 2 is 2.14 bits per heavy atom. The van der Waals surface area contributed by atoms with E-state index in [4.69, 9.17) is 9.15 Å². The lowest BCUT2D eigenvalue weighted by Crippen LogP contribution is -2.04. The smallest absolute Gasteiger partial charge is 0.379 e. The summed E-state index contributed by atoms with van der Waals surface area (Å²) < 4.78 is 10.1. The van der Waals surface area contributed by atoms with E-state index in [0.29, 0.717) is 5.58 Å². The van der Waals surface area contributed by atoms with Gasteiger partial charge in [0.25, 0.3) is 0 Å². The van der Waals surface area contributed by atoms with Gasteiger partial charge in [-0.25, -0.2) is 4.79 Å². The van der Waals surface area contributed by atoms with Crippen molar-refractivity contribution in [1.29, 1.82) is 0 Å². The molecule has 0 amide bonds. The minimum absolute atomic E-state index is 0.223. The van der Waals surface area contributed by atoms with Crippen LogP contribution in [0.15, 0.2) is 39.5 Å². The lowest BCUT2D eigenvalue weighted by atomic mass is 10.2. The Kier molecular flexibility index (Phi) is 2.54. The molecule has 0 aliphatic rings. The zero-order valence-electron chi connectivity index (χ0n) is 7.20. The number of benzene rings is 1. The minimum Gasteiger partial charge on any atom is -0.475 e. The van der Waals surface area contributed by atoms with Crippen molar-refractivity contribution in [2.45, 2.75) is 0 Å². The highest BCUT2D eigenvalue weighted by Gasteiger charge is 2.04. The van der Waals surface area contributed by atoms with Crippen LogP contribution in [0.2, 0.25) is 0 Å². The zero-order chi connectivity index (χ0) is 9.97. The largest absolute Gasteiger partial charge is 0.475 e. The van der Waals surface area contributed by atoms with Crippen LogP contribution in [0.5, 0.6) is 5.75 Å². The van der Waals surface area contributed by atoms with E-state index in [0.717, 1.165) is 5.39 Å². The number of alkyl halides is 1. The summed E-state index contributed by atoms with van der Waals surface area (Å²) in [7, 11) is 0. The molecular formula is C10H7BrO3. The summed E-state index contributed by atoms with van der Waals surface area (Å²) in [6.07, 6.45) is 0. The average molecular weight is 255 g/mol. The molecule has 14 heavy (non-hydrogen) atoms. The van der Waals surface area contributed by atoms with Gasteiger partial charge in [0.05, 0.1) is 0 Å². The van der Waals surface area contributed by atoms with Crippen molar-refractivity contribution in [1.82, 2.24) is 0 Å². The Morgan fingerprint density at radius 1 is 1.36 bits per heavy atom. The van der Waals surface area contributed by atoms with Crippen LogP contribution in [0.25, 0.3) is 11.0 Å². The van der Waals surface area contributed by atoms with E-state index in [1.807, 2.05) is 18.2 Å². The van der Waals surface area contributed by atoms with Gasteiger partial charge < -0.3 is 9.15 Å². The molecule has 1 heterocycles. The first-order valence-electron chi connectivity index (χ1n) is 4.03. The first-order chi connectivity index (χ1) is 6.81. The summed E-state index contributed by atoms with van der Waals surface area (Å²) in [6.45, 7) is 0. The number of para-hydroxylation sites is 1. The molecular weight excluding hydrogens is 248 g/mol. The first-order valence-corrected chi connectivity index (χ1v) is 5.15. The van der Waals surface area contributed by atoms with Crippen LogP contribution in [0.3, 0.4) is 0 Å². The highest BCUT2D eigenvalue weighted by Crippen LogP contribution is 2.16. The molecule has 1 aromatic carbocycles. The predicted molar refractivity (Wildman–Crippen MR) is 56.9 cm³/mol. The molecule has 0 N–H and O–H groups in total. The molecule has 4 heteroatoms. The van der Waals surface area contributed by atoms with Gasteiger partial charge in [0, 0.05) is 5.39 Å². The normalized spacial score (nSPS) is 10.4. The number of halogens is 1. The van der Waals surface area contributed by atoms with Gasteiger partial charge in [0.2, 0.25) is 5.75 Å². The van der Waals surface area contributed by atoms with E-state index >= 15 is 0 Å². The Hall–Kier alpha value is -1.29. The summed E-state index contributed by atoms with van der Waals surface area (Å²) in [4.78, 5) is 11.3. The van der Waals surface area contributed by atoms with E-state index in [2.05, 4.69) is 15.9 Å². The van der Waals surface area contributed by atoms with Gasteiger partial charge >= 0.3 is 5.63 Å². The fourth-order valence-corrected chi connectivity index (χ4v) is 1.45. The number of fused-ring (bicyclic) bond motifs is 1. The summed E-state index contributed by atoms with van der Waals surface area (Å²) in [5.74, 6) is 0.223. The Labute approximate surface area is 88.4 Å². The molecule has 0 saturated carbocycles. The molecule has 0 bridgehead atoms.